The Hall–Kier alpha value is -2.43. The lowest BCUT2D eigenvalue weighted by Crippen LogP contribution is -2.12. The number of aryl methyl sites for hydroxylation is 1. The highest BCUT2D eigenvalue weighted by Gasteiger charge is 2.08. The topological polar surface area (TPSA) is 62.2 Å². The van der Waals surface area contributed by atoms with Crippen LogP contribution in [0.4, 0.5) is 10.1 Å². The largest absolute Gasteiger partial charge is 0.505 e. The number of carbonyl (C=O) groups is 1. The molecule has 92 valence electrons. The Balaban J connectivity index is 2.18. The molecule has 4 nitrogen and oxygen atoms in total. The van der Waals surface area contributed by atoms with Gasteiger partial charge in [-0.2, -0.15) is 0 Å². The fourth-order valence-corrected chi connectivity index (χ4v) is 1.47. The number of aromatic nitrogens is 1. The average molecular weight is 246 g/mol. The van der Waals surface area contributed by atoms with Gasteiger partial charge in [0.2, 0.25) is 0 Å². The number of aromatic hydroxyl groups is 1. The van der Waals surface area contributed by atoms with Crippen LogP contribution in [0.1, 0.15) is 15.9 Å². The van der Waals surface area contributed by atoms with E-state index in [1.807, 2.05) is 6.92 Å². The van der Waals surface area contributed by atoms with Crippen molar-refractivity contribution in [3.8, 4) is 5.75 Å². The number of carbonyl (C=O) groups excluding carboxylic acids is 1. The molecule has 18 heavy (non-hydrogen) atoms. The summed E-state index contributed by atoms with van der Waals surface area (Å²) in [7, 11) is 0. The van der Waals surface area contributed by atoms with E-state index in [2.05, 4.69) is 10.3 Å². The number of nitrogens with zero attached hydrogens (tertiary/aromatic N) is 1. The van der Waals surface area contributed by atoms with Gasteiger partial charge >= 0.3 is 0 Å². The van der Waals surface area contributed by atoms with Gasteiger partial charge in [-0.3, -0.25) is 9.78 Å². The zero-order chi connectivity index (χ0) is 13.1. The smallest absolute Gasteiger partial charge is 0.257 e. The second-order valence-electron chi connectivity index (χ2n) is 3.87. The summed E-state index contributed by atoms with van der Waals surface area (Å²) in [4.78, 5) is 15.7. The van der Waals surface area contributed by atoms with Crippen molar-refractivity contribution in [2.45, 2.75) is 6.92 Å². The summed E-state index contributed by atoms with van der Waals surface area (Å²) in [5, 5.41) is 11.6. The summed E-state index contributed by atoms with van der Waals surface area (Å²) in [6.07, 6.45) is 3.07. The number of amides is 1. The number of nitrogens with one attached hydrogen (secondary N) is 1. The van der Waals surface area contributed by atoms with Crippen LogP contribution in [-0.4, -0.2) is 16.0 Å². The van der Waals surface area contributed by atoms with Crippen molar-refractivity contribution in [2.75, 3.05) is 5.32 Å². The molecule has 2 aromatic rings. The molecule has 0 aliphatic rings. The van der Waals surface area contributed by atoms with Gasteiger partial charge in [0.15, 0.2) is 11.6 Å². The quantitative estimate of drug-likeness (QED) is 0.800. The zero-order valence-electron chi connectivity index (χ0n) is 9.64. The van der Waals surface area contributed by atoms with Gasteiger partial charge in [-0.25, -0.2) is 4.39 Å². The summed E-state index contributed by atoms with van der Waals surface area (Å²) in [5.74, 6) is -1.61. The van der Waals surface area contributed by atoms with Gasteiger partial charge in [0.25, 0.3) is 5.91 Å². The first kappa shape index (κ1) is 12.0. The molecule has 0 aliphatic carbocycles. The van der Waals surface area contributed by atoms with Crippen LogP contribution in [-0.2, 0) is 0 Å². The molecule has 0 saturated carbocycles. The molecular weight excluding hydrogens is 235 g/mol. The predicted octanol–water partition coefficient (Wildman–Crippen LogP) is 2.49. The van der Waals surface area contributed by atoms with E-state index in [-0.39, 0.29) is 11.6 Å². The maximum Gasteiger partial charge on any atom is 0.257 e. The minimum absolute atomic E-state index is 0.275. The molecule has 0 bridgehead atoms. The summed E-state index contributed by atoms with van der Waals surface area (Å²) in [5.41, 5.74) is 1.53. The molecule has 1 heterocycles. The Labute approximate surface area is 103 Å². The number of benzene rings is 1. The highest BCUT2D eigenvalue weighted by molar-refractivity contribution is 6.04. The highest BCUT2D eigenvalue weighted by Crippen LogP contribution is 2.19. The molecule has 1 aromatic carbocycles. The summed E-state index contributed by atoms with van der Waals surface area (Å²) < 4.78 is 13.1. The van der Waals surface area contributed by atoms with E-state index in [0.717, 1.165) is 11.6 Å². The Kier molecular flexibility index (Phi) is 3.23. The third kappa shape index (κ3) is 2.63. The van der Waals surface area contributed by atoms with Gasteiger partial charge in [0.05, 0.1) is 5.56 Å². The third-order valence-corrected chi connectivity index (χ3v) is 2.34. The molecule has 1 aromatic heterocycles. The first-order chi connectivity index (χ1) is 8.56. The van der Waals surface area contributed by atoms with E-state index < -0.39 is 11.6 Å². The van der Waals surface area contributed by atoms with E-state index in [1.54, 1.807) is 12.3 Å². The number of halogens is 1. The van der Waals surface area contributed by atoms with Gasteiger partial charge in [-0.1, -0.05) is 0 Å². The van der Waals surface area contributed by atoms with Crippen molar-refractivity contribution < 1.29 is 14.3 Å². The van der Waals surface area contributed by atoms with Crippen molar-refractivity contribution >= 4 is 11.6 Å². The number of hydrogen-bond acceptors (Lipinski definition) is 3. The lowest BCUT2D eigenvalue weighted by Gasteiger charge is -2.06. The number of anilines is 1. The van der Waals surface area contributed by atoms with E-state index in [0.29, 0.717) is 5.56 Å². The van der Waals surface area contributed by atoms with Crippen molar-refractivity contribution in [2.24, 2.45) is 0 Å². The van der Waals surface area contributed by atoms with Gasteiger partial charge in [-0.05, 0) is 30.7 Å². The molecule has 0 saturated heterocycles. The summed E-state index contributed by atoms with van der Waals surface area (Å²) >= 11 is 0. The predicted molar refractivity (Wildman–Crippen MR) is 65.0 cm³/mol. The second kappa shape index (κ2) is 4.83. The van der Waals surface area contributed by atoms with Crippen molar-refractivity contribution in [3.63, 3.8) is 0 Å². The molecule has 1 amide bonds. The maximum absolute atomic E-state index is 13.1. The Morgan fingerprint density at radius 2 is 2.11 bits per heavy atom. The second-order valence-corrected chi connectivity index (χ2v) is 3.87. The lowest BCUT2D eigenvalue weighted by atomic mass is 10.2. The van der Waals surface area contributed by atoms with Gasteiger partial charge in [0, 0.05) is 24.1 Å². The van der Waals surface area contributed by atoms with Crippen LogP contribution in [0.5, 0.6) is 5.75 Å². The monoisotopic (exact) mass is 246 g/mol. The van der Waals surface area contributed by atoms with E-state index in [4.69, 9.17) is 5.11 Å². The fraction of sp³-hybridized carbons (Fsp3) is 0.0769. The van der Waals surface area contributed by atoms with Crippen LogP contribution < -0.4 is 5.32 Å². The molecule has 5 heteroatoms. The molecule has 2 N–H and O–H groups in total. The van der Waals surface area contributed by atoms with Crippen molar-refractivity contribution in [1.29, 1.82) is 0 Å². The number of rotatable bonds is 2. The van der Waals surface area contributed by atoms with Crippen LogP contribution in [0.2, 0.25) is 0 Å². The van der Waals surface area contributed by atoms with Crippen LogP contribution >= 0.6 is 0 Å². The lowest BCUT2D eigenvalue weighted by molar-refractivity contribution is 0.102. The zero-order valence-corrected chi connectivity index (χ0v) is 9.64. The first-order valence-corrected chi connectivity index (χ1v) is 5.28. The molecule has 0 unspecified atom stereocenters. The molecular formula is C13H11FN2O2. The van der Waals surface area contributed by atoms with Crippen LogP contribution in [0, 0.1) is 12.7 Å². The molecule has 0 fully saturated rings. The van der Waals surface area contributed by atoms with Gasteiger partial charge in [-0.15, -0.1) is 0 Å². The van der Waals surface area contributed by atoms with E-state index in [1.165, 1.54) is 18.3 Å². The molecule has 0 atom stereocenters. The third-order valence-electron chi connectivity index (χ3n) is 2.34. The van der Waals surface area contributed by atoms with E-state index >= 15 is 0 Å². The Bertz CT molecular complexity index is 599. The number of pyridine rings is 1. The molecule has 0 spiro atoms. The fourth-order valence-electron chi connectivity index (χ4n) is 1.47. The number of hydrogen-bond donors (Lipinski definition) is 2. The van der Waals surface area contributed by atoms with Gasteiger partial charge in [0.1, 0.15) is 0 Å². The van der Waals surface area contributed by atoms with E-state index in [9.17, 15) is 9.18 Å². The molecule has 0 aliphatic heterocycles. The van der Waals surface area contributed by atoms with Crippen LogP contribution in [0.15, 0.2) is 36.7 Å². The highest BCUT2D eigenvalue weighted by atomic mass is 19.1. The maximum atomic E-state index is 13.1. The van der Waals surface area contributed by atoms with Gasteiger partial charge < -0.3 is 10.4 Å². The Morgan fingerprint density at radius 1 is 1.33 bits per heavy atom. The standard InChI is InChI=1S/C13H11FN2O2/c1-8-4-9(7-15-6-8)13(18)16-10-2-3-12(17)11(14)5-10/h2-7,17H,1H3,(H,16,18). The SMILES string of the molecule is Cc1cncc(C(=O)Nc2ccc(O)c(F)c2)c1. The average Bonchev–Trinajstić information content (AvgIpc) is 2.34. The van der Waals surface area contributed by atoms with Crippen molar-refractivity contribution in [3.05, 3.63) is 53.6 Å². The van der Waals surface area contributed by atoms with Crippen LogP contribution in [0.3, 0.4) is 0 Å². The number of phenols is 1. The minimum Gasteiger partial charge on any atom is -0.505 e. The Morgan fingerprint density at radius 3 is 2.78 bits per heavy atom. The first-order valence-electron chi connectivity index (χ1n) is 5.28. The van der Waals surface area contributed by atoms with Crippen molar-refractivity contribution in [1.82, 2.24) is 4.98 Å². The minimum atomic E-state index is -0.782. The number of phenolic OH excluding ortho intramolecular Hbond substituents is 1. The molecule has 0 radical (unpaired) electrons. The summed E-state index contributed by atoms with van der Waals surface area (Å²) in [6, 6.07) is 5.33. The normalized spacial score (nSPS) is 10.1. The molecule has 2 rings (SSSR count). The van der Waals surface area contributed by atoms with Crippen LogP contribution in [0.25, 0.3) is 0 Å². The summed E-state index contributed by atoms with van der Waals surface area (Å²) in [6.45, 7) is 1.82.